The van der Waals surface area contributed by atoms with E-state index >= 15 is 0 Å². The van der Waals surface area contributed by atoms with Crippen molar-refractivity contribution >= 4 is 49.3 Å². The number of nitrogens with zero attached hydrogens (tertiary/aromatic N) is 3. The number of allylic oxidation sites excluding steroid dienone is 1. The molecule has 1 aliphatic rings. The third-order valence-electron chi connectivity index (χ3n) is 10.1. The Kier molecular flexibility index (Phi) is 6.31. The van der Waals surface area contributed by atoms with Crippen molar-refractivity contribution in [2.75, 3.05) is 0 Å². The maximum atomic E-state index is 5.35. The maximum absolute atomic E-state index is 5.35. The first-order chi connectivity index (χ1) is 24.3. The summed E-state index contributed by atoms with van der Waals surface area (Å²) in [6.07, 6.45) is 6.55. The standard InChI is InChI=1S/C46H31N3/c1-2-13-30(14-3-1)31-15-12-16-33(27-31)46-47-42(29-45(48-46)49-43-23-10-8-21-39(43)40-22-9-11-24-44(40)49)32-25-26-38-36-19-5-4-17-34(36)35-18-6-7-20-37(35)41(38)28-32/h1-10,12-23,25-29H,11,24H2. The van der Waals surface area contributed by atoms with Crippen LogP contribution < -0.4 is 0 Å². The molecule has 0 atom stereocenters. The average Bonchev–Trinajstić information content (AvgIpc) is 3.52. The minimum Gasteiger partial charge on any atom is -0.297 e. The second-order valence-electron chi connectivity index (χ2n) is 12.9. The highest BCUT2D eigenvalue weighted by atomic mass is 15.1. The summed E-state index contributed by atoms with van der Waals surface area (Å²) in [7, 11) is 0. The topological polar surface area (TPSA) is 30.7 Å². The SMILES string of the molecule is C1=Cc2c(n(-c3cc(-c4ccc5c6ccccc6c6ccccc6c5c4)nc(-c4cccc(-c5ccccc5)c4)n3)c3ccccc23)CC1. The fourth-order valence-electron chi connectivity index (χ4n) is 7.79. The monoisotopic (exact) mass is 625 g/mol. The molecule has 0 amide bonds. The van der Waals surface area contributed by atoms with Crippen molar-refractivity contribution in [3.8, 4) is 39.6 Å². The first-order valence-corrected chi connectivity index (χ1v) is 17.0. The average molecular weight is 626 g/mol. The summed E-state index contributed by atoms with van der Waals surface area (Å²) in [6, 6.07) is 54.3. The zero-order valence-corrected chi connectivity index (χ0v) is 26.8. The van der Waals surface area contributed by atoms with Crippen LogP contribution in [0, 0.1) is 0 Å². The molecule has 9 aromatic rings. The molecule has 0 fully saturated rings. The highest BCUT2D eigenvalue weighted by molar-refractivity contribution is 6.25. The number of rotatable bonds is 4. The molecule has 0 aliphatic heterocycles. The summed E-state index contributed by atoms with van der Waals surface area (Å²) in [4.78, 5) is 10.7. The molecular weight excluding hydrogens is 595 g/mol. The smallest absolute Gasteiger partial charge is 0.162 e. The zero-order chi connectivity index (χ0) is 32.3. The lowest BCUT2D eigenvalue weighted by molar-refractivity contribution is 0.868. The van der Waals surface area contributed by atoms with Crippen LogP contribution in [0.1, 0.15) is 17.7 Å². The third-order valence-corrected chi connectivity index (χ3v) is 10.1. The van der Waals surface area contributed by atoms with E-state index in [1.807, 2.05) is 0 Å². The van der Waals surface area contributed by atoms with Gasteiger partial charge in [0.05, 0.1) is 11.2 Å². The number of hydrogen-bond donors (Lipinski definition) is 0. The molecule has 10 rings (SSSR count). The summed E-state index contributed by atoms with van der Waals surface area (Å²) in [5.74, 6) is 1.60. The minimum atomic E-state index is 0.714. The van der Waals surface area contributed by atoms with Crippen molar-refractivity contribution in [1.29, 1.82) is 0 Å². The summed E-state index contributed by atoms with van der Waals surface area (Å²) in [5, 5.41) is 8.80. The fraction of sp³-hybridized carbons (Fsp3) is 0.0435. The third kappa shape index (κ3) is 4.51. The first kappa shape index (κ1) is 27.8. The van der Waals surface area contributed by atoms with E-state index in [-0.39, 0.29) is 0 Å². The lowest BCUT2D eigenvalue weighted by Crippen LogP contribution is -2.07. The van der Waals surface area contributed by atoms with E-state index in [1.165, 1.54) is 60.0 Å². The molecule has 3 heteroatoms. The van der Waals surface area contributed by atoms with E-state index in [1.54, 1.807) is 0 Å². The highest BCUT2D eigenvalue weighted by Gasteiger charge is 2.21. The van der Waals surface area contributed by atoms with Gasteiger partial charge < -0.3 is 0 Å². The Morgan fingerprint density at radius 3 is 1.86 bits per heavy atom. The molecule has 0 spiro atoms. The fourth-order valence-corrected chi connectivity index (χ4v) is 7.79. The van der Waals surface area contributed by atoms with Gasteiger partial charge >= 0.3 is 0 Å². The summed E-state index contributed by atoms with van der Waals surface area (Å²) >= 11 is 0. The van der Waals surface area contributed by atoms with Crippen LogP contribution in [-0.2, 0) is 6.42 Å². The van der Waals surface area contributed by atoms with Gasteiger partial charge in [-0.2, -0.15) is 0 Å². The van der Waals surface area contributed by atoms with Gasteiger partial charge in [0.25, 0.3) is 0 Å². The van der Waals surface area contributed by atoms with Gasteiger partial charge in [-0.1, -0.05) is 140 Å². The first-order valence-electron chi connectivity index (χ1n) is 17.0. The molecule has 3 nitrogen and oxygen atoms in total. The van der Waals surface area contributed by atoms with Gasteiger partial charge in [-0.3, -0.25) is 4.57 Å². The molecule has 2 heterocycles. The molecule has 0 saturated heterocycles. The van der Waals surface area contributed by atoms with Crippen LogP contribution in [0.5, 0.6) is 0 Å². The second kappa shape index (κ2) is 11.1. The van der Waals surface area contributed by atoms with Gasteiger partial charge in [-0.15, -0.1) is 0 Å². The van der Waals surface area contributed by atoms with Crippen LogP contribution in [0.15, 0.2) is 158 Å². The van der Waals surface area contributed by atoms with Gasteiger partial charge in [-0.05, 0) is 74.5 Å². The lowest BCUT2D eigenvalue weighted by atomic mass is 9.93. The van der Waals surface area contributed by atoms with Gasteiger partial charge in [-0.25, -0.2) is 9.97 Å². The molecule has 49 heavy (non-hydrogen) atoms. The maximum Gasteiger partial charge on any atom is 0.162 e. The van der Waals surface area contributed by atoms with Crippen LogP contribution in [0.3, 0.4) is 0 Å². The van der Waals surface area contributed by atoms with Crippen molar-refractivity contribution in [2.24, 2.45) is 0 Å². The predicted octanol–water partition coefficient (Wildman–Crippen LogP) is 11.8. The van der Waals surface area contributed by atoms with Crippen molar-refractivity contribution < 1.29 is 0 Å². The van der Waals surface area contributed by atoms with Crippen LogP contribution in [0.2, 0.25) is 0 Å². The molecule has 0 bridgehead atoms. The lowest BCUT2D eigenvalue weighted by Gasteiger charge is -2.16. The Labute approximate surface area is 284 Å². The molecule has 0 radical (unpaired) electrons. The minimum absolute atomic E-state index is 0.714. The number of fused-ring (bicyclic) bond motifs is 9. The Morgan fingerprint density at radius 1 is 0.449 bits per heavy atom. The molecular formula is C46H31N3. The summed E-state index contributed by atoms with van der Waals surface area (Å²) in [6.45, 7) is 0. The van der Waals surface area contributed by atoms with Gasteiger partial charge in [0.1, 0.15) is 5.82 Å². The van der Waals surface area contributed by atoms with E-state index in [0.717, 1.165) is 41.0 Å². The number of hydrogen-bond acceptors (Lipinski definition) is 2. The normalized spacial score (nSPS) is 12.7. The van der Waals surface area contributed by atoms with Gasteiger partial charge in [0.15, 0.2) is 5.82 Å². The summed E-state index contributed by atoms with van der Waals surface area (Å²) < 4.78 is 2.37. The molecule has 0 N–H and O–H groups in total. The Morgan fingerprint density at radius 2 is 1.08 bits per heavy atom. The van der Waals surface area contributed by atoms with Crippen molar-refractivity contribution in [1.82, 2.24) is 14.5 Å². The van der Waals surface area contributed by atoms with Crippen molar-refractivity contribution in [2.45, 2.75) is 12.8 Å². The molecule has 2 aromatic heterocycles. The Hall–Kier alpha value is -6.32. The van der Waals surface area contributed by atoms with E-state index in [0.29, 0.717) is 5.82 Å². The quantitative estimate of drug-likeness (QED) is 0.182. The number of benzene rings is 7. The van der Waals surface area contributed by atoms with E-state index < -0.39 is 0 Å². The molecule has 7 aromatic carbocycles. The van der Waals surface area contributed by atoms with E-state index in [2.05, 4.69) is 168 Å². The summed E-state index contributed by atoms with van der Waals surface area (Å²) in [5.41, 5.74) is 9.05. The zero-order valence-electron chi connectivity index (χ0n) is 26.8. The predicted molar refractivity (Wildman–Crippen MR) is 205 cm³/mol. The van der Waals surface area contributed by atoms with Crippen molar-refractivity contribution in [3.63, 3.8) is 0 Å². The van der Waals surface area contributed by atoms with Crippen LogP contribution in [0.25, 0.3) is 88.9 Å². The van der Waals surface area contributed by atoms with Crippen LogP contribution in [0.4, 0.5) is 0 Å². The molecule has 0 saturated carbocycles. The van der Waals surface area contributed by atoms with Crippen LogP contribution in [-0.4, -0.2) is 14.5 Å². The molecule has 0 unspecified atom stereocenters. The molecule has 230 valence electrons. The second-order valence-corrected chi connectivity index (χ2v) is 12.9. The molecule has 1 aliphatic carbocycles. The Balaban J connectivity index is 1.24. The van der Waals surface area contributed by atoms with E-state index in [4.69, 9.17) is 9.97 Å². The Bertz CT molecular complexity index is 2730. The van der Waals surface area contributed by atoms with Gasteiger partial charge in [0, 0.05) is 33.8 Å². The van der Waals surface area contributed by atoms with E-state index in [9.17, 15) is 0 Å². The van der Waals surface area contributed by atoms with Crippen LogP contribution >= 0.6 is 0 Å². The highest BCUT2D eigenvalue weighted by Crippen LogP contribution is 2.39. The van der Waals surface area contributed by atoms with Gasteiger partial charge in [0.2, 0.25) is 0 Å². The van der Waals surface area contributed by atoms with Crippen molar-refractivity contribution in [3.05, 3.63) is 169 Å². The number of aromatic nitrogens is 3. The number of para-hydroxylation sites is 1. The largest absolute Gasteiger partial charge is 0.297 e.